The summed E-state index contributed by atoms with van der Waals surface area (Å²) in [6.45, 7) is 9.36. The van der Waals surface area contributed by atoms with E-state index in [1.807, 2.05) is 26.8 Å². The highest BCUT2D eigenvalue weighted by atomic mass is 16.5. The summed E-state index contributed by atoms with van der Waals surface area (Å²) in [6.07, 6.45) is 1.63. The van der Waals surface area contributed by atoms with Crippen LogP contribution in [0.3, 0.4) is 0 Å². The fourth-order valence-corrected chi connectivity index (χ4v) is 1.79. The molecule has 0 saturated carbocycles. The Morgan fingerprint density at radius 1 is 1.35 bits per heavy atom. The van der Waals surface area contributed by atoms with Crippen molar-refractivity contribution in [3.63, 3.8) is 0 Å². The van der Waals surface area contributed by atoms with Crippen LogP contribution in [0.1, 0.15) is 44.4 Å². The first-order chi connectivity index (χ1) is 8.05. The van der Waals surface area contributed by atoms with Crippen molar-refractivity contribution in [2.75, 3.05) is 13.2 Å². The van der Waals surface area contributed by atoms with Gasteiger partial charge in [-0.2, -0.15) is 0 Å². The van der Waals surface area contributed by atoms with Crippen molar-refractivity contribution < 1.29 is 4.74 Å². The van der Waals surface area contributed by atoms with Crippen LogP contribution in [0, 0.1) is 6.92 Å². The van der Waals surface area contributed by atoms with Gasteiger partial charge in [-0.15, -0.1) is 0 Å². The maximum Gasteiger partial charge on any atom is 0.160 e. The van der Waals surface area contributed by atoms with Gasteiger partial charge in [0, 0.05) is 24.4 Å². The van der Waals surface area contributed by atoms with E-state index in [-0.39, 0.29) is 0 Å². The number of nitrogens with two attached hydrogens (primary N) is 1. The van der Waals surface area contributed by atoms with Crippen molar-refractivity contribution in [2.45, 2.75) is 46.1 Å². The SMILES string of the molecule is CCOC(C)(CC)c1nc(C)cc(CCN)n1. The fourth-order valence-electron chi connectivity index (χ4n) is 1.79. The second-order valence-corrected chi connectivity index (χ2v) is 4.38. The molecule has 0 saturated heterocycles. The summed E-state index contributed by atoms with van der Waals surface area (Å²) < 4.78 is 5.80. The third-order valence-corrected chi connectivity index (χ3v) is 2.92. The van der Waals surface area contributed by atoms with Gasteiger partial charge in [0.2, 0.25) is 0 Å². The summed E-state index contributed by atoms with van der Waals surface area (Å²) in [5.41, 5.74) is 7.14. The number of hydrogen-bond donors (Lipinski definition) is 1. The van der Waals surface area contributed by atoms with Gasteiger partial charge in [-0.25, -0.2) is 9.97 Å². The van der Waals surface area contributed by atoms with Gasteiger partial charge >= 0.3 is 0 Å². The molecule has 0 aliphatic carbocycles. The van der Waals surface area contributed by atoms with Gasteiger partial charge in [-0.3, -0.25) is 0 Å². The van der Waals surface area contributed by atoms with Crippen molar-refractivity contribution in [1.29, 1.82) is 0 Å². The third kappa shape index (κ3) is 3.48. The molecule has 0 aliphatic heterocycles. The Kier molecular flexibility index (Phi) is 5.02. The molecule has 0 aromatic carbocycles. The van der Waals surface area contributed by atoms with Crippen LogP contribution in [0.2, 0.25) is 0 Å². The van der Waals surface area contributed by atoms with Crippen LogP contribution in [0.5, 0.6) is 0 Å². The van der Waals surface area contributed by atoms with Gasteiger partial charge in [0.15, 0.2) is 5.82 Å². The molecule has 1 unspecified atom stereocenters. The average molecular weight is 237 g/mol. The van der Waals surface area contributed by atoms with E-state index >= 15 is 0 Å². The topological polar surface area (TPSA) is 61.0 Å². The lowest BCUT2D eigenvalue weighted by Crippen LogP contribution is -2.28. The molecule has 0 aliphatic rings. The summed E-state index contributed by atoms with van der Waals surface area (Å²) in [5.74, 6) is 0.769. The van der Waals surface area contributed by atoms with Crippen molar-refractivity contribution in [3.8, 4) is 0 Å². The normalized spacial score (nSPS) is 14.6. The van der Waals surface area contributed by atoms with E-state index in [2.05, 4.69) is 16.9 Å². The molecule has 0 spiro atoms. The molecule has 0 bridgehead atoms. The Morgan fingerprint density at radius 3 is 2.59 bits per heavy atom. The van der Waals surface area contributed by atoms with Gasteiger partial charge in [0.1, 0.15) is 5.60 Å². The Balaban J connectivity index is 3.10. The molecule has 1 heterocycles. The third-order valence-electron chi connectivity index (χ3n) is 2.92. The molecule has 0 amide bonds. The van der Waals surface area contributed by atoms with Crippen molar-refractivity contribution in [2.24, 2.45) is 5.73 Å². The second-order valence-electron chi connectivity index (χ2n) is 4.38. The summed E-state index contributed by atoms with van der Waals surface area (Å²) >= 11 is 0. The second kappa shape index (κ2) is 6.07. The molecule has 17 heavy (non-hydrogen) atoms. The summed E-state index contributed by atoms with van der Waals surface area (Å²) in [4.78, 5) is 9.07. The lowest BCUT2D eigenvalue weighted by molar-refractivity contribution is -0.0393. The largest absolute Gasteiger partial charge is 0.368 e. The van der Waals surface area contributed by atoms with Crippen molar-refractivity contribution >= 4 is 0 Å². The zero-order chi connectivity index (χ0) is 12.9. The highest BCUT2D eigenvalue weighted by Gasteiger charge is 2.28. The summed E-state index contributed by atoms with van der Waals surface area (Å²) in [5, 5.41) is 0. The molecular formula is C13H23N3O. The molecule has 96 valence electrons. The van der Waals surface area contributed by atoms with Crippen molar-refractivity contribution in [3.05, 3.63) is 23.3 Å². The predicted octanol–water partition coefficient (Wildman–Crippen LogP) is 1.95. The first-order valence-corrected chi connectivity index (χ1v) is 6.24. The number of rotatable bonds is 6. The Hall–Kier alpha value is -1.00. The Bertz CT molecular complexity index is 368. The quantitative estimate of drug-likeness (QED) is 0.821. The minimum absolute atomic E-state index is 0.399. The molecule has 0 fully saturated rings. The van der Waals surface area contributed by atoms with Crippen LogP contribution in [-0.4, -0.2) is 23.1 Å². The minimum Gasteiger partial charge on any atom is -0.368 e. The van der Waals surface area contributed by atoms with Crippen LogP contribution in [0.25, 0.3) is 0 Å². The number of hydrogen-bond acceptors (Lipinski definition) is 4. The monoisotopic (exact) mass is 237 g/mol. The van der Waals surface area contributed by atoms with E-state index in [1.165, 1.54) is 0 Å². The highest BCUT2D eigenvalue weighted by molar-refractivity contribution is 5.14. The van der Waals surface area contributed by atoms with Crippen LogP contribution < -0.4 is 5.73 Å². The lowest BCUT2D eigenvalue weighted by atomic mass is 10.0. The zero-order valence-electron chi connectivity index (χ0n) is 11.3. The van der Waals surface area contributed by atoms with Gasteiger partial charge in [0.25, 0.3) is 0 Å². The van der Waals surface area contributed by atoms with Gasteiger partial charge in [0.05, 0.1) is 0 Å². The minimum atomic E-state index is -0.399. The Morgan fingerprint density at radius 2 is 2.06 bits per heavy atom. The van der Waals surface area contributed by atoms with Crippen LogP contribution in [0.4, 0.5) is 0 Å². The highest BCUT2D eigenvalue weighted by Crippen LogP contribution is 2.26. The molecule has 4 nitrogen and oxygen atoms in total. The first-order valence-electron chi connectivity index (χ1n) is 6.24. The van der Waals surface area contributed by atoms with Crippen LogP contribution >= 0.6 is 0 Å². The number of aromatic nitrogens is 2. The molecule has 1 atom stereocenters. The maximum atomic E-state index is 5.80. The Labute approximate surface area is 104 Å². The molecule has 4 heteroatoms. The van der Waals surface area contributed by atoms with E-state index in [9.17, 15) is 0 Å². The summed E-state index contributed by atoms with van der Waals surface area (Å²) in [6, 6.07) is 1.98. The first kappa shape index (κ1) is 14.1. The number of nitrogens with zero attached hydrogens (tertiary/aromatic N) is 2. The lowest BCUT2D eigenvalue weighted by Gasteiger charge is -2.27. The fraction of sp³-hybridized carbons (Fsp3) is 0.692. The van der Waals surface area contributed by atoms with Crippen molar-refractivity contribution in [1.82, 2.24) is 9.97 Å². The number of ether oxygens (including phenoxy) is 1. The zero-order valence-corrected chi connectivity index (χ0v) is 11.3. The molecule has 1 rings (SSSR count). The number of aryl methyl sites for hydroxylation is 1. The standard InChI is InChI=1S/C13H23N3O/c1-5-13(4,17-6-2)12-15-10(3)9-11(16-12)7-8-14/h9H,5-8,14H2,1-4H3. The van der Waals surface area contributed by atoms with E-state index in [0.29, 0.717) is 13.2 Å². The predicted molar refractivity (Wildman–Crippen MR) is 68.8 cm³/mol. The smallest absolute Gasteiger partial charge is 0.160 e. The van der Waals surface area contributed by atoms with Gasteiger partial charge in [-0.1, -0.05) is 6.92 Å². The molecule has 1 aromatic heterocycles. The summed E-state index contributed by atoms with van der Waals surface area (Å²) in [7, 11) is 0. The van der Waals surface area contributed by atoms with E-state index in [1.54, 1.807) is 0 Å². The molecule has 1 aromatic rings. The van der Waals surface area contributed by atoms with Crippen LogP contribution in [0.15, 0.2) is 6.07 Å². The van der Waals surface area contributed by atoms with E-state index in [0.717, 1.165) is 30.1 Å². The maximum absolute atomic E-state index is 5.80. The van der Waals surface area contributed by atoms with Gasteiger partial charge in [-0.05, 0) is 39.8 Å². The molecule has 2 N–H and O–H groups in total. The van der Waals surface area contributed by atoms with E-state index < -0.39 is 5.60 Å². The molecule has 0 radical (unpaired) electrons. The van der Waals surface area contributed by atoms with Gasteiger partial charge < -0.3 is 10.5 Å². The van der Waals surface area contributed by atoms with E-state index in [4.69, 9.17) is 10.5 Å². The average Bonchev–Trinajstić information content (AvgIpc) is 2.29. The van der Waals surface area contributed by atoms with Crippen LogP contribution in [-0.2, 0) is 16.8 Å². The molecular weight excluding hydrogens is 214 g/mol.